The Morgan fingerprint density at radius 3 is 0.933 bits per heavy atom. The molecule has 4 aromatic carbocycles. The predicted octanol–water partition coefficient (Wildman–Crippen LogP) is 10.4. The summed E-state index contributed by atoms with van der Waals surface area (Å²) in [5, 5.41) is 14.4. The summed E-state index contributed by atoms with van der Waals surface area (Å²) in [6.45, 7) is 16.9. The third kappa shape index (κ3) is 20.8. The number of carbonyl (C=O) groups excluding carboxylic acids is 2. The molecule has 326 valence electrons. The van der Waals surface area contributed by atoms with Gasteiger partial charge in [-0.2, -0.15) is 0 Å². The normalized spacial score (nSPS) is 11.2. The lowest BCUT2D eigenvalue weighted by Crippen LogP contribution is -2.18. The third-order valence-electron chi connectivity index (χ3n) is 10.7. The minimum atomic E-state index is -0.275. The van der Waals surface area contributed by atoms with Gasteiger partial charge in [0.25, 0.3) is 0 Å². The summed E-state index contributed by atoms with van der Waals surface area (Å²) < 4.78 is 11.1. The molecule has 0 aliphatic rings. The molecular formula is C52H74N4O4. The first kappa shape index (κ1) is 48.3. The van der Waals surface area contributed by atoms with Gasteiger partial charge in [0.05, 0.1) is 11.1 Å². The van der Waals surface area contributed by atoms with Gasteiger partial charge in [0.15, 0.2) is 0 Å². The summed E-state index contributed by atoms with van der Waals surface area (Å²) in [7, 11) is 0. The molecule has 4 aromatic rings. The Morgan fingerprint density at radius 2 is 0.633 bits per heavy atom. The van der Waals surface area contributed by atoms with Crippen molar-refractivity contribution in [1.29, 1.82) is 0 Å². The second-order valence-electron chi connectivity index (χ2n) is 16.6. The average molecular weight is 819 g/mol. The van der Waals surface area contributed by atoms with Gasteiger partial charge in [-0.05, 0) is 152 Å². The van der Waals surface area contributed by atoms with Crippen LogP contribution in [0, 0.1) is 27.7 Å². The van der Waals surface area contributed by atoms with Crippen molar-refractivity contribution >= 4 is 11.9 Å². The first-order chi connectivity index (χ1) is 29.2. The Morgan fingerprint density at radius 1 is 0.367 bits per heavy atom. The topological polar surface area (TPSA) is 101 Å². The van der Waals surface area contributed by atoms with Crippen molar-refractivity contribution in [3.63, 3.8) is 0 Å². The smallest absolute Gasteiger partial charge is 0.338 e. The van der Waals surface area contributed by atoms with E-state index in [-0.39, 0.29) is 25.2 Å². The number of hydrogen-bond acceptors (Lipinski definition) is 8. The molecule has 0 fully saturated rings. The van der Waals surface area contributed by atoms with E-state index in [1.54, 1.807) is 0 Å². The average Bonchev–Trinajstić information content (AvgIpc) is 3.23. The van der Waals surface area contributed by atoms with E-state index in [4.69, 9.17) is 9.47 Å². The van der Waals surface area contributed by atoms with E-state index in [1.165, 1.54) is 88.2 Å². The quantitative estimate of drug-likeness (QED) is 0.0294. The number of aryl methyl sites for hydroxylation is 4. The zero-order valence-corrected chi connectivity index (χ0v) is 37.3. The summed E-state index contributed by atoms with van der Waals surface area (Å²) in [6.07, 6.45) is 15.2. The van der Waals surface area contributed by atoms with Crippen LogP contribution in [-0.4, -0.2) is 51.2 Å². The second-order valence-corrected chi connectivity index (χ2v) is 16.6. The molecule has 60 heavy (non-hydrogen) atoms. The molecule has 8 nitrogen and oxygen atoms in total. The van der Waals surface area contributed by atoms with Crippen molar-refractivity contribution in [1.82, 2.24) is 21.3 Å². The number of ether oxygens (including phenoxy) is 2. The van der Waals surface area contributed by atoms with Gasteiger partial charge in [0.2, 0.25) is 0 Å². The zero-order chi connectivity index (χ0) is 42.6. The van der Waals surface area contributed by atoms with Crippen molar-refractivity contribution in [2.24, 2.45) is 0 Å². The van der Waals surface area contributed by atoms with Crippen molar-refractivity contribution in [2.45, 2.75) is 131 Å². The molecule has 0 heterocycles. The number of esters is 2. The molecule has 0 bridgehead atoms. The number of unbranched alkanes of at least 4 members (excludes halogenated alkanes) is 9. The highest BCUT2D eigenvalue weighted by Crippen LogP contribution is 2.14. The fraction of sp³-hybridized carbons (Fsp3) is 0.500. The van der Waals surface area contributed by atoms with E-state index in [0.29, 0.717) is 11.1 Å². The van der Waals surface area contributed by atoms with Crippen LogP contribution in [0.25, 0.3) is 0 Å². The van der Waals surface area contributed by atoms with Crippen LogP contribution in [0.3, 0.4) is 0 Å². The summed E-state index contributed by atoms with van der Waals surface area (Å²) in [4.78, 5) is 24.9. The standard InChI is InChI=1S/C52H74N4O4/c1-41-31-42(2)34-49(33-41)51(57)59-39-47-21-17-45(18-22-47)37-55-29-15-9-7-13-27-53-25-11-5-6-12-26-54-28-14-8-10-16-30-56-38-46-19-23-48(24-20-46)40-60-52(58)50-35-43(3)32-44(4)36-50/h17-24,31-36,53-56H,5-16,25-30,37-40H2,1-4H3. The van der Waals surface area contributed by atoms with Crippen molar-refractivity contribution < 1.29 is 19.1 Å². The highest BCUT2D eigenvalue weighted by molar-refractivity contribution is 5.90. The van der Waals surface area contributed by atoms with Crippen LogP contribution >= 0.6 is 0 Å². The number of carbonyl (C=O) groups is 2. The maximum atomic E-state index is 12.4. The SMILES string of the molecule is Cc1cc(C)cc(C(=O)OCc2ccc(CNCCCCCCNCCCCCCNCCCCCCNCc3ccc(COC(=O)c4cc(C)cc(C)c4)cc3)cc2)c1. The van der Waals surface area contributed by atoms with Crippen molar-refractivity contribution in [3.05, 3.63) is 141 Å². The van der Waals surface area contributed by atoms with Gasteiger partial charge >= 0.3 is 11.9 Å². The molecule has 0 amide bonds. The van der Waals surface area contributed by atoms with Crippen LogP contribution in [0.2, 0.25) is 0 Å². The molecule has 0 saturated carbocycles. The van der Waals surface area contributed by atoms with Crippen LogP contribution < -0.4 is 21.3 Å². The third-order valence-corrected chi connectivity index (χ3v) is 10.7. The molecule has 0 spiro atoms. The van der Waals surface area contributed by atoms with Gasteiger partial charge < -0.3 is 30.7 Å². The van der Waals surface area contributed by atoms with Crippen LogP contribution in [-0.2, 0) is 35.8 Å². The Hall–Kier alpha value is -4.34. The van der Waals surface area contributed by atoms with Crippen LogP contribution in [0.15, 0.2) is 84.9 Å². The van der Waals surface area contributed by atoms with Crippen LogP contribution in [0.4, 0.5) is 0 Å². The van der Waals surface area contributed by atoms with E-state index in [9.17, 15) is 9.59 Å². The lowest BCUT2D eigenvalue weighted by Gasteiger charge is -2.09. The lowest BCUT2D eigenvalue weighted by atomic mass is 10.1. The lowest BCUT2D eigenvalue weighted by molar-refractivity contribution is 0.0464. The maximum Gasteiger partial charge on any atom is 0.338 e. The van der Waals surface area contributed by atoms with Gasteiger partial charge in [0.1, 0.15) is 13.2 Å². The molecule has 0 aromatic heterocycles. The number of hydrogen-bond donors (Lipinski definition) is 4. The Balaban J connectivity index is 0.838. The monoisotopic (exact) mass is 819 g/mol. The Bertz CT molecular complexity index is 1630. The molecular weight excluding hydrogens is 745 g/mol. The van der Waals surface area contributed by atoms with Crippen LogP contribution in [0.1, 0.15) is 142 Å². The van der Waals surface area contributed by atoms with Crippen molar-refractivity contribution in [2.75, 3.05) is 39.3 Å². The van der Waals surface area contributed by atoms with Gasteiger partial charge in [0, 0.05) is 13.1 Å². The fourth-order valence-corrected chi connectivity index (χ4v) is 7.43. The van der Waals surface area contributed by atoms with E-state index in [1.807, 2.05) is 76.2 Å². The second kappa shape index (κ2) is 29.0. The van der Waals surface area contributed by atoms with Gasteiger partial charge in [-0.3, -0.25) is 0 Å². The van der Waals surface area contributed by atoms with E-state index in [2.05, 4.69) is 57.7 Å². The van der Waals surface area contributed by atoms with Crippen molar-refractivity contribution in [3.8, 4) is 0 Å². The molecule has 0 unspecified atom stereocenters. The molecule has 0 aliphatic heterocycles. The fourth-order valence-electron chi connectivity index (χ4n) is 7.43. The highest BCUT2D eigenvalue weighted by Gasteiger charge is 2.10. The van der Waals surface area contributed by atoms with Crippen LogP contribution in [0.5, 0.6) is 0 Å². The maximum absolute atomic E-state index is 12.4. The minimum absolute atomic E-state index is 0.275. The summed E-state index contributed by atoms with van der Waals surface area (Å²) in [5.41, 5.74) is 9.99. The predicted molar refractivity (Wildman–Crippen MR) is 248 cm³/mol. The van der Waals surface area contributed by atoms with E-state index >= 15 is 0 Å². The van der Waals surface area contributed by atoms with E-state index in [0.717, 1.165) is 85.7 Å². The molecule has 0 aliphatic carbocycles. The minimum Gasteiger partial charge on any atom is -0.457 e. The first-order valence-electron chi connectivity index (χ1n) is 22.7. The zero-order valence-electron chi connectivity index (χ0n) is 37.3. The van der Waals surface area contributed by atoms with Gasteiger partial charge in [-0.25, -0.2) is 9.59 Å². The summed E-state index contributed by atoms with van der Waals surface area (Å²) in [5.74, 6) is -0.550. The highest BCUT2D eigenvalue weighted by atomic mass is 16.5. The molecule has 4 N–H and O–H groups in total. The summed E-state index contributed by atoms with van der Waals surface area (Å²) >= 11 is 0. The number of nitrogens with one attached hydrogen (secondary N) is 4. The molecule has 8 heteroatoms. The molecule has 0 atom stereocenters. The van der Waals surface area contributed by atoms with E-state index < -0.39 is 0 Å². The Labute approximate surface area is 362 Å². The molecule has 0 radical (unpaired) electrons. The molecule has 4 rings (SSSR count). The number of rotatable bonds is 31. The first-order valence-corrected chi connectivity index (χ1v) is 22.7. The van der Waals surface area contributed by atoms with Gasteiger partial charge in [-0.1, -0.05) is 121 Å². The number of benzene rings is 4. The molecule has 0 saturated heterocycles. The Kier molecular flexibility index (Phi) is 23.4. The largest absolute Gasteiger partial charge is 0.457 e. The summed E-state index contributed by atoms with van der Waals surface area (Å²) in [6, 6.07) is 28.2. The van der Waals surface area contributed by atoms with Gasteiger partial charge in [-0.15, -0.1) is 0 Å².